The van der Waals surface area contributed by atoms with Crippen LogP contribution in [0.25, 0.3) is 11.4 Å². The Morgan fingerprint density at radius 2 is 2.04 bits per heavy atom. The summed E-state index contributed by atoms with van der Waals surface area (Å²) in [4.78, 5) is 22.2. The first kappa shape index (κ1) is 14.5. The van der Waals surface area contributed by atoms with Crippen LogP contribution in [0.2, 0.25) is 0 Å². The molecule has 1 aliphatic heterocycles. The molecule has 1 amide bonds. The lowest BCUT2D eigenvalue weighted by atomic mass is 9.98. The zero-order valence-electron chi connectivity index (χ0n) is 12.6. The summed E-state index contributed by atoms with van der Waals surface area (Å²) in [6, 6.07) is 9.61. The van der Waals surface area contributed by atoms with Crippen molar-refractivity contribution >= 4 is 5.91 Å². The van der Waals surface area contributed by atoms with E-state index in [1.54, 1.807) is 35.5 Å². The maximum absolute atomic E-state index is 13.7. The molecule has 120 valence electrons. The number of nitrogens with zero attached hydrogens (tertiary/aromatic N) is 4. The molecule has 7 heteroatoms. The van der Waals surface area contributed by atoms with Crippen LogP contribution in [0.15, 0.2) is 53.3 Å². The zero-order valence-corrected chi connectivity index (χ0v) is 12.6. The van der Waals surface area contributed by atoms with Gasteiger partial charge in [0.05, 0.1) is 11.5 Å². The van der Waals surface area contributed by atoms with Crippen molar-refractivity contribution in [1.29, 1.82) is 0 Å². The quantitative estimate of drug-likeness (QED) is 0.740. The third-order valence-electron chi connectivity index (χ3n) is 3.98. The fourth-order valence-electron chi connectivity index (χ4n) is 2.62. The van der Waals surface area contributed by atoms with Gasteiger partial charge in [0.15, 0.2) is 0 Å². The molecule has 3 aromatic rings. The van der Waals surface area contributed by atoms with Crippen LogP contribution in [0, 0.1) is 5.82 Å². The number of amides is 1. The lowest BCUT2D eigenvalue weighted by molar-refractivity contribution is 0.0564. The van der Waals surface area contributed by atoms with Crippen molar-refractivity contribution in [1.82, 2.24) is 20.0 Å². The molecular weight excluding hydrogens is 311 g/mol. The summed E-state index contributed by atoms with van der Waals surface area (Å²) in [7, 11) is 0. The molecule has 0 unspecified atom stereocenters. The molecule has 3 heterocycles. The van der Waals surface area contributed by atoms with Gasteiger partial charge in [-0.15, -0.1) is 0 Å². The van der Waals surface area contributed by atoms with Crippen LogP contribution in [0.5, 0.6) is 0 Å². The Morgan fingerprint density at radius 1 is 1.21 bits per heavy atom. The minimum Gasteiger partial charge on any atom is -0.339 e. The third kappa shape index (κ3) is 2.54. The molecular formula is C17H13FN4O2. The van der Waals surface area contributed by atoms with Gasteiger partial charge in [-0.05, 0) is 24.3 Å². The number of aromatic nitrogens is 3. The van der Waals surface area contributed by atoms with Gasteiger partial charge in [-0.1, -0.05) is 17.3 Å². The van der Waals surface area contributed by atoms with Gasteiger partial charge < -0.3 is 9.42 Å². The second-order valence-electron chi connectivity index (χ2n) is 5.58. The Morgan fingerprint density at radius 3 is 2.79 bits per heavy atom. The molecule has 1 aliphatic rings. The van der Waals surface area contributed by atoms with E-state index in [-0.39, 0.29) is 17.4 Å². The van der Waals surface area contributed by atoms with Gasteiger partial charge in [-0.2, -0.15) is 4.98 Å². The zero-order chi connectivity index (χ0) is 16.5. The van der Waals surface area contributed by atoms with Crippen LogP contribution < -0.4 is 0 Å². The number of likely N-dealkylation sites (tertiary alicyclic amines) is 1. The molecule has 0 spiro atoms. The third-order valence-corrected chi connectivity index (χ3v) is 3.98. The van der Waals surface area contributed by atoms with Gasteiger partial charge in [0, 0.05) is 31.0 Å². The van der Waals surface area contributed by atoms with Gasteiger partial charge >= 0.3 is 0 Å². The second-order valence-corrected chi connectivity index (χ2v) is 5.58. The van der Waals surface area contributed by atoms with Crippen molar-refractivity contribution in [3.8, 4) is 11.4 Å². The largest absolute Gasteiger partial charge is 0.339 e. The molecule has 1 fully saturated rings. The summed E-state index contributed by atoms with van der Waals surface area (Å²) in [6.45, 7) is 0.865. The van der Waals surface area contributed by atoms with E-state index in [1.807, 2.05) is 6.07 Å². The normalized spacial score (nSPS) is 14.5. The first-order chi connectivity index (χ1) is 11.7. The number of benzene rings is 1. The maximum atomic E-state index is 13.7. The van der Waals surface area contributed by atoms with Gasteiger partial charge in [0.2, 0.25) is 11.7 Å². The van der Waals surface area contributed by atoms with Crippen LogP contribution in [-0.4, -0.2) is 39.0 Å². The Kier molecular flexibility index (Phi) is 3.53. The summed E-state index contributed by atoms with van der Waals surface area (Å²) in [6.07, 6.45) is 3.33. The molecule has 0 radical (unpaired) electrons. The Balaban J connectivity index is 1.44. The monoisotopic (exact) mass is 324 g/mol. The van der Waals surface area contributed by atoms with Gasteiger partial charge in [0.25, 0.3) is 5.91 Å². The predicted molar refractivity (Wildman–Crippen MR) is 82.6 cm³/mol. The van der Waals surface area contributed by atoms with Gasteiger partial charge in [-0.3, -0.25) is 9.78 Å². The highest BCUT2D eigenvalue weighted by Gasteiger charge is 2.36. The van der Waals surface area contributed by atoms with Crippen LogP contribution >= 0.6 is 0 Å². The highest BCUT2D eigenvalue weighted by atomic mass is 19.1. The van der Waals surface area contributed by atoms with E-state index in [0.29, 0.717) is 24.8 Å². The fraction of sp³-hybridized carbons (Fsp3) is 0.176. The molecule has 1 saturated heterocycles. The van der Waals surface area contributed by atoms with Crippen LogP contribution in [-0.2, 0) is 0 Å². The minimum absolute atomic E-state index is 0.0290. The Bertz CT molecular complexity index is 875. The van der Waals surface area contributed by atoms with E-state index in [4.69, 9.17) is 4.52 Å². The van der Waals surface area contributed by atoms with Crippen molar-refractivity contribution in [3.63, 3.8) is 0 Å². The Hall–Kier alpha value is -3.09. The van der Waals surface area contributed by atoms with Crippen molar-refractivity contribution < 1.29 is 13.7 Å². The van der Waals surface area contributed by atoms with Crippen molar-refractivity contribution in [3.05, 3.63) is 66.1 Å². The summed E-state index contributed by atoms with van der Waals surface area (Å²) in [5.74, 6) is 0.0843. The number of rotatable bonds is 3. The highest BCUT2D eigenvalue weighted by molar-refractivity contribution is 5.95. The number of hydrogen-bond acceptors (Lipinski definition) is 5. The first-order valence-electron chi connectivity index (χ1n) is 7.50. The summed E-state index contributed by atoms with van der Waals surface area (Å²) in [5, 5.41) is 3.94. The van der Waals surface area contributed by atoms with Gasteiger partial charge in [0.1, 0.15) is 5.82 Å². The van der Waals surface area contributed by atoms with Crippen LogP contribution in [0.3, 0.4) is 0 Å². The van der Waals surface area contributed by atoms with Crippen molar-refractivity contribution in [2.24, 2.45) is 0 Å². The Labute approximate surface area is 136 Å². The number of carbonyl (C=O) groups excluding carboxylic acids is 1. The molecule has 4 rings (SSSR count). The molecule has 6 nitrogen and oxygen atoms in total. The van der Waals surface area contributed by atoms with E-state index >= 15 is 0 Å². The average Bonchev–Trinajstić information content (AvgIpc) is 3.04. The molecule has 2 aromatic heterocycles. The summed E-state index contributed by atoms with van der Waals surface area (Å²) in [5.41, 5.74) is 0.851. The molecule has 0 saturated carbocycles. The van der Waals surface area contributed by atoms with E-state index < -0.39 is 5.82 Å². The predicted octanol–water partition coefficient (Wildman–Crippen LogP) is 2.51. The molecule has 24 heavy (non-hydrogen) atoms. The van der Waals surface area contributed by atoms with E-state index in [0.717, 1.165) is 5.56 Å². The van der Waals surface area contributed by atoms with Gasteiger partial charge in [-0.25, -0.2) is 4.39 Å². The molecule has 0 aliphatic carbocycles. The second kappa shape index (κ2) is 5.84. The van der Waals surface area contributed by atoms with Crippen LogP contribution in [0.1, 0.15) is 22.2 Å². The summed E-state index contributed by atoms with van der Waals surface area (Å²) >= 11 is 0. The lowest BCUT2D eigenvalue weighted by Gasteiger charge is -2.37. The molecule has 0 bridgehead atoms. The number of pyridine rings is 1. The van der Waals surface area contributed by atoms with Crippen LogP contribution in [0.4, 0.5) is 4.39 Å². The van der Waals surface area contributed by atoms with E-state index in [1.165, 1.54) is 12.1 Å². The molecule has 0 N–H and O–H groups in total. The SMILES string of the molecule is O=C(c1ccccc1F)N1CC(c2nc(-c3cccnc3)no2)C1. The average molecular weight is 324 g/mol. The van der Waals surface area contributed by atoms with Crippen molar-refractivity contribution in [2.75, 3.05) is 13.1 Å². The first-order valence-corrected chi connectivity index (χ1v) is 7.50. The molecule has 1 aromatic carbocycles. The number of hydrogen-bond donors (Lipinski definition) is 0. The standard InChI is InChI=1S/C17H13FN4O2/c18-14-6-2-1-5-13(14)17(23)22-9-12(10-22)16-20-15(21-24-16)11-4-3-7-19-8-11/h1-8,12H,9-10H2. The molecule has 0 atom stereocenters. The number of halogens is 1. The lowest BCUT2D eigenvalue weighted by Crippen LogP contribution is -2.48. The van der Waals surface area contributed by atoms with E-state index in [2.05, 4.69) is 15.1 Å². The van der Waals surface area contributed by atoms with Crippen molar-refractivity contribution in [2.45, 2.75) is 5.92 Å². The minimum atomic E-state index is -0.511. The maximum Gasteiger partial charge on any atom is 0.256 e. The smallest absolute Gasteiger partial charge is 0.256 e. The highest BCUT2D eigenvalue weighted by Crippen LogP contribution is 2.29. The summed E-state index contributed by atoms with van der Waals surface area (Å²) < 4.78 is 19.0. The number of carbonyl (C=O) groups is 1. The topological polar surface area (TPSA) is 72.1 Å². The fourth-order valence-corrected chi connectivity index (χ4v) is 2.62. The van der Waals surface area contributed by atoms with E-state index in [9.17, 15) is 9.18 Å².